The van der Waals surface area contributed by atoms with Gasteiger partial charge in [0.2, 0.25) is 0 Å². The van der Waals surface area contributed by atoms with Gasteiger partial charge in [-0.05, 0) is 49.7 Å². The number of hydrogen-bond donors (Lipinski definition) is 1. The molecule has 8 heteroatoms. The largest absolute Gasteiger partial charge is 0.495 e. The van der Waals surface area contributed by atoms with Crippen LogP contribution in [0.15, 0.2) is 51.9 Å². The maximum Gasteiger partial charge on any atom is 0.265 e. The highest BCUT2D eigenvalue weighted by molar-refractivity contribution is 7.92. The van der Waals surface area contributed by atoms with Crippen molar-refractivity contribution in [2.45, 2.75) is 18.7 Å². The number of anilines is 1. The summed E-state index contributed by atoms with van der Waals surface area (Å²) < 4.78 is 38.7. The van der Waals surface area contributed by atoms with Crippen LogP contribution in [0.4, 0.5) is 5.69 Å². The summed E-state index contributed by atoms with van der Waals surface area (Å²) in [5.41, 5.74) is 2.45. The van der Waals surface area contributed by atoms with Crippen LogP contribution in [0.5, 0.6) is 5.75 Å². The monoisotopic (exact) mass is 392 g/mol. The van der Waals surface area contributed by atoms with E-state index in [1.165, 1.54) is 13.2 Å². The zero-order chi connectivity index (χ0) is 18.9. The first-order valence-electron chi connectivity index (χ1n) is 7.71. The second-order valence-corrected chi connectivity index (χ2v) is 7.77. The molecule has 0 amide bonds. The second kappa shape index (κ2) is 7.01. The molecule has 0 spiro atoms. The predicted molar refractivity (Wildman–Crippen MR) is 100 cm³/mol. The Morgan fingerprint density at radius 2 is 1.92 bits per heavy atom. The van der Waals surface area contributed by atoms with Crippen molar-refractivity contribution in [3.63, 3.8) is 0 Å². The lowest BCUT2D eigenvalue weighted by Crippen LogP contribution is -2.15. The van der Waals surface area contributed by atoms with Crippen LogP contribution in [-0.2, 0) is 10.0 Å². The average molecular weight is 393 g/mol. The Balaban J connectivity index is 2.00. The fraction of sp³-hybridized carbons (Fsp3) is 0.167. The van der Waals surface area contributed by atoms with Gasteiger partial charge in [0, 0.05) is 16.7 Å². The molecule has 1 heterocycles. The first-order chi connectivity index (χ1) is 12.3. The molecule has 0 bridgehead atoms. The quantitative estimate of drug-likeness (QED) is 0.695. The number of methoxy groups -OCH3 is 1. The molecule has 0 fully saturated rings. The first kappa shape index (κ1) is 18.3. The van der Waals surface area contributed by atoms with Gasteiger partial charge in [0.25, 0.3) is 10.0 Å². The highest BCUT2D eigenvalue weighted by atomic mass is 35.5. The first-order valence-corrected chi connectivity index (χ1v) is 9.57. The lowest BCUT2D eigenvalue weighted by Gasteiger charge is -2.14. The molecule has 0 aliphatic rings. The Morgan fingerprint density at radius 3 is 2.58 bits per heavy atom. The van der Waals surface area contributed by atoms with Gasteiger partial charge in [0.05, 0.1) is 18.5 Å². The summed E-state index contributed by atoms with van der Waals surface area (Å²) in [6, 6.07) is 11.5. The van der Waals surface area contributed by atoms with Crippen molar-refractivity contribution in [2.75, 3.05) is 11.8 Å². The number of aryl methyl sites for hydroxylation is 1. The van der Waals surface area contributed by atoms with Crippen molar-refractivity contribution in [1.29, 1.82) is 0 Å². The number of halogens is 1. The van der Waals surface area contributed by atoms with Gasteiger partial charge in [-0.2, -0.15) is 0 Å². The molecule has 0 saturated heterocycles. The minimum absolute atomic E-state index is 0.0133. The van der Waals surface area contributed by atoms with Crippen LogP contribution in [0.2, 0.25) is 5.02 Å². The van der Waals surface area contributed by atoms with Crippen LogP contribution in [0, 0.1) is 13.8 Å². The van der Waals surface area contributed by atoms with Crippen LogP contribution < -0.4 is 9.46 Å². The van der Waals surface area contributed by atoms with E-state index in [0.717, 1.165) is 5.69 Å². The van der Waals surface area contributed by atoms with Gasteiger partial charge in [-0.3, -0.25) is 4.72 Å². The number of aromatic nitrogens is 1. The zero-order valence-corrected chi connectivity index (χ0v) is 16.0. The SMILES string of the molecule is COc1cc(-c2cc(C)no2)ccc1S(=O)(=O)Nc1cccc(Cl)c1C. The van der Waals surface area contributed by atoms with Gasteiger partial charge in [-0.15, -0.1) is 0 Å². The molecule has 6 nitrogen and oxygen atoms in total. The zero-order valence-electron chi connectivity index (χ0n) is 14.4. The summed E-state index contributed by atoms with van der Waals surface area (Å²) >= 11 is 6.06. The van der Waals surface area contributed by atoms with Gasteiger partial charge < -0.3 is 9.26 Å². The van der Waals surface area contributed by atoms with Crippen LogP contribution in [0.1, 0.15) is 11.3 Å². The molecule has 2 aromatic carbocycles. The van der Waals surface area contributed by atoms with E-state index in [1.54, 1.807) is 50.2 Å². The van der Waals surface area contributed by atoms with Crippen molar-refractivity contribution in [3.8, 4) is 17.1 Å². The van der Waals surface area contributed by atoms with Crippen molar-refractivity contribution >= 4 is 27.3 Å². The van der Waals surface area contributed by atoms with Crippen molar-refractivity contribution in [2.24, 2.45) is 0 Å². The third-order valence-electron chi connectivity index (χ3n) is 3.88. The minimum atomic E-state index is -3.87. The normalized spacial score (nSPS) is 11.4. The average Bonchev–Trinajstić information content (AvgIpc) is 3.04. The molecule has 0 aliphatic carbocycles. The third kappa shape index (κ3) is 3.54. The molecule has 0 unspecified atom stereocenters. The summed E-state index contributed by atoms with van der Waals surface area (Å²) in [5.74, 6) is 0.729. The lowest BCUT2D eigenvalue weighted by molar-refractivity contribution is 0.402. The number of nitrogens with one attached hydrogen (secondary N) is 1. The molecule has 0 aliphatic heterocycles. The molecule has 0 radical (unpaired) electrons. The van der Waals surface area contributed by atoms with E-state index in [1.807, 2.05) is 0 Å². The predicted octanol–water partition coefficient (Wildman–Crippen LogP) is 4.42. The Kier molecular flexibility index (Phi) is 4.93. The Bertz CT molecular complexity index is 1060. The van der Waals surface area contributed by atoms with Crippen molar-refractivity contribution in [1.82, 2.24) is 5.16 Å². The van der Waals surface area contributed by atoms with Gasteiger partial charge in [-0.1, -0.05) is 22.8 Å². The molecule has 1 N–H and O–H groups in total. The molecule has 0 saturated carbocycles. The number of ether oxygens (including phenoxy) is 1. The van der Waals surface area contributed by atoms with E-state index < -0.39 is 10.0 Å². The fourth-order valence-electron chi connectivity index (χ4n) is 2.46. The summed E-state index contributed by atoms with van der Waals surface area (Å²) in [6.45, 7) is 3.55. The number of benzene rings is 2. The molecule has 3 rings (SSSR count). The van der Waals surface area contributed by atoms with Crippen molar-refractivity contribution in [3.05, 3.63) is 58.7 Å². The van der Waals surface area contributed by atoms with E-state index in [2.05, 4.69) is 9.88 Å². The topological polar surface area (TPSA) is 81.4 Å². The smallest absolute Gasteiger partial charge is 0.265 e. The molecular formula is C18H17ClN2O4S. The summed E-state index contributed by atoms with van der Waals surface area (Å²) in [5, 5.41) is 4.31. The maximum absolute atomic E-state index is 12.8. The summed E-state index contributed by atoms with van der Waals surface area (Å²) in [6.07, 6.45) is 0. The number of rotatable bonds is 5. The molecule has 26 heavy (non-hydrogen) atoms. The fourth-order valence-corrected chi connectivity index (χ4v) is 3.91. The van der Waals surface area contributed by atoms with Gasteiger partial charge in [0.1, 0.15) is 10.6 Å². The summed E-state index contributed by atoms with van der Waals surface area (Å²) in [7, 11) is -2.46. The standard InChI is InChI=1S/C18H17ClN2O4S/c1-11-9-16(25-20-11)13-7-8-18(17(10-13)24-3)26(22,23)21-15-6-4-5-14(19)12(15)2/h4-10,21H,1-3H3. The molecular weight excluding hydrogens is 376 g/mol. The Morgan fingerprint density at radius 1 is 1.15 bits per heavy atom. The Labute approximate surface area is 156 Å². The van der Waals surface area contributed by atoms with E-state index >= 15 is 0 Å². The van der Waals surface area contributed by atoms with Crippen LogP contribution in [-0.4, -0.2) is 20.7 Å². The van der Waals surface area contributed by atoms with Crippen molar-refractivity contribution < 1.29 is 17.7 Å². The van der Waals surface area contributed by atoms with Crippen LogP contribution in [0.3, 0.4) is 0 Å². The highest BCUT2D eigenvalue weighted by Gasteiger charge is 2.22. The van der Waals surface area contributed by atoms with Gasteiger partial charge >= 0.3 is 0 Å². The van der Waals surface area contributed by atoms with E-state index in [0.29, 0.717) is 27.6 Å². The maximum atomic E-state index is 12.8. The molecule has 0 atom stereocenters. The molecule has 3 aromatic rings. The van der Waals surface area contributed by atoms with Gasteiger partial charge in [0.15, 0.2) is 5.76 Å². The third-order valence-corrected chi connectivity index (χ3v) is 5.69. The highest BCUT2D eigenvalue weighted by Crippen LogP contribution is 2.32. The molecule has 136 valence electrons. The van der Waals surface area contributed by atoms with Crippen LogP contribution >= 0.6 is 11.6 Å². The number of sulfonamides is 1. The number of hydrogen-bond acceptors (Lipinski definition) is 5. The minimum Gasteiger partial charge on any atom is -0.495 e. The van der Waals surface area contributed by atoms with Crippen LogP contribution in [0.25, 0.3) is 11.3 Å². The van der Waals surface area contributed by atoms with E-state index in [4.69, 9.17) is 20.9 Å². The Hall–Kier alpha value is -2.51. The van der Waals surface area contributed by atoms with Gasteiger partial charge in [-0.25, -0.2) is 8.42 Å². The number of nitrogens with zero attached hydrogens (tertiary/aromatic N) is 1. The summed E-state index contributed by atoms with van der Waals surface area (Å²) in [4.78, 5) is 0.0133. The lowest BCUT2D eigenvalue weighted by atomic mass is 10.1. The second-order valence-electron chi connectivity index (χ2n) is 5.72. The van der Waals surface area contributed by atoms with E-state index in [-0.39, 0.29) is 10.6 Å². The van der Waals surface area contributed by atoms with E-state index in [9.17, 15) is 8.42 Å². The molecule has 1 aromatic heterocycles.